The molecule has 5 heteroatoms. The van der Waals surface area contributed by atoms with Crippen LogP contribution in [0.15, 0.2) is 90.8 Å². The van der Waals surface area contributed by atoms with Crippen LogP contribution < -0.4 is 9.64 Å². The minimum absolute atomic E-state index is 0.488. The molecule has 4 rings (SSSR count). The van der Waals surface area contributed by atoms with Crippen molar-refractivity contribution in [1.82, 2.24) is 9.88 Å². The Kier molecular flexibility index (Phi) is 8.65. The third-order valence-electron chi connectivity index (χ3n) is 7.48. The van der Waals surface area contributed by atoms with Gasteiger partial charge in [-0.15, -0.1) is 0 Å². The number of hydrogen-bond donors (Lipinski definition) is 1. The van der Waals surface area contributed by atoms with Crippen LogP contribution in [-0.4, -0.2) is 40.2 Å². The van der Waals surface area contributed by atoms with E-state index in [1.165, 1.54) is 18.4 Å². The number of hydrogen-bond acceptors (Lipinski definition) is 5. The molecule has 1 N–H and O–H groups in total. The Balaban J connectivity index is 1.59. The molecule has 0 bridgehead atoms. The number of nitrogens with zero attached hydrogens (tertiary/aromatic N) is 3. The summed E-state index contributed by atoms with van der Waals surface area (Å²) in [4.78, 5) is 9.31. The van der Waals surface area contributed by atoms with Crippen LogP contribution in [0.25, 0.3) is 5.57 Å². The molecule has 0 radical (unpaired) electrons. The van der Waals surface area contributed by atoms with E-state index in [4.69, 9.17) is 4.74 Å². The van der Waals surface area contributed by atoms with E-state index >= 15 is 0 Å². The fourth-order valence-electron chi connectivity index (χ4n) is 5.49. The molecule has 0 amide bonds. The minimum atomic E-state index is 0.488. The van der Waals surface area contributed by atoms with Crippen molar-refractivity contribution in [2.75, 3.05) is 18.0 Å². The lowest BCUT2D eigenvalue weighted by Crippen LogP contribution is -2.39. The highest BCUT2D eigenvalue weighted by Gasteiger charge is 2.33. The number of likely N-dealkylation sites (tertiary alicyclic amines) is 1. The second-order valence-electron chi connectivity index (χ2n) is 9.66. The number of aliphatic hydroxyl groups excluding tert-OH is 1. The average molecular weight is 486 g/mol. The Morgan fingerprint density at radius 1 is 1.17 bits per heavy atom. The predicted octanol–water partition coefficient (Wildman–Crippen LogP) is 7.27. The molecule has 1 fully saturated rings. The summed E-state index contributed by atoms with van der Waals surface area (Å²) in [6, 6.07) is 13.5. The number of anilines is 1. The number of aromatic nitrogens is 1. The van der Waals surface area contributed by atoms with Gasteiger partial charge in [-0.25, -0.2) is 0 Å². The number of aliphatic hydroxyl groups is 1. The van der Waals surface area contributed by atoms with Gasteiger partial charge in [0.05, 0.1) is 17.6 Å². The molecular weight excluding hydrogens is 446 g/mol. The normalized spacial score (nSPS) is 20.6. The molecular formula is C31H39N3O2. The van der Waals surface area contributed by atoms with Crippen molar-refractivity contribution in [1.29, 1.82) is 0 Å². The lowest BCUT2D eigenvalue weighted by molar-refractivity contribution is 0.200. The molecule has 2 aliphatic rings. The molecule has 2 unspecified atom stereocenters. The number of benzene rings is 1. The molecule has 1 aromatic heterocycles. The van der Waals surface area contributed by atoms with Gasteiger partial charge in [-0.1, -0.05) is 38.6 Å². The van der Waals surface area contributed by atoms with Gasteiger partial charge in [0.25, 0.3) is 0 Å². The van der Waals surface area contributed by atoms with Gasteiger partial charge in [0.2, 0.25) is 0 Å². The maximum Gasteiger partial charge on any atom is 0.151 e. The van der Waals surface area contributed by atoms with E-state index in [-0.39, 0.29) is 0 Å². The fourth-order valence-corrected chi connectivity index (χ4v) is 5.49. The SMILES string of the molecule is C=C(/C=C\O)CN1C(CC)CCC1CCN1C(C)=C(/C=C(\CC)c2cccnc2)Oc2ccccc21. The number of para-hydroxylation sites is 2. The maximum atomic E-state index is 9.18. The van der Waals surface area contributed by atoms with E-state index in [9.17, 15) is 5.11 Å². The first-order valence-electron chi connectivity index (χ1n) is 13.2. The second-order valence-corrected chi connectivity index (χ2v) is 9.66. The summed E-state index contributed by atoms with van der Waals surface area (Å²) >= 11 is 0. The second kappa shape index (κ2) is 12.1. The average Bonchev–Trinajstić information content (AvgIpc) is 3.28. The van der Waals surface area contributed by atoms with Gasteiger partial charge in [0, 0.05) is 37.6 Å². The molecule has 3 heterocycles. The summed E-state index contributed by atoms with van der Waals surface area (Å²) < 4.78 is 6.42. The van der Waals surface area contributed by atoms with Crippen LogP contribution >= 0.6 is 0 Å². The highest BCUT2D eigenvalue weighted by molar-refractivity contribution is 5.71. The molecule has 2 aromatic rings. The summed E-state index contributed by atoms with van der Waals surface area (Å²) in [5.41, 5.74) is 5.53. The van der Waals surface area contributed by atoms with Crippen molar-refractivity contribution in [2.45, 2.75) is 65.0 Å². The number of ether oxygens (including phenoxy) is 1. The molecule has 0 spiro atoms. The number of pyridine rings is 1. The topological polar surface area (TPSA) is 48.8 Å². The highest BCUT2D eigenvalue weighted by atomic mass is 16.5. The molecule has 2 atom stereocenters. The van der Waals surface area contributed by atoms with Crippen LogP contribution in [0, 0.1) is 0 Å². The Morgan fingerprint density at radius 2 is 1.97 bits per heavy atom. The molecule has 2 aliphatic heterocycles. The van der Waals surface area contributed by atoms with Gasteiger partial charge in [-0.3, -0.25) is 9.88 Å². The summed E-state index contributed by atoms with van der Waals surface area (Å²) in [6.07, 6.45) is 14.2. The molecule has 1 aromatic carbocycles. The van der Waals surface area contributed by atoms with Gasteiger partial charge < -0.3 is 14.7 Å². The molecule has 0 saturated carbocycles. The first-order valence-corrected chi connectivity index (χ1v) is 13.2. The zero-order chi connectivity index (χ0) is 25.5. The van der Waals surface area contributed by atoms with Crippen molar-refractivity contribution in [3.63, 3.8) is 0 Å². The first-order chi connectivity index (χ1) is 17.5. The van der Waals surface area contributed by atoms with Crippen LogP contribution in [0.4, 0.5) is 5.69 Å². The van der Waals surface area contributed by atoms with Gasteiger partial charge in [0.15, 0.2) is 5.75 Å². The summed E-state index contributed by atoms with van der Waals surface area (Å²) in [7, 11) is 0. The molecule has 190 valence electrons. The monoisotopic (exact) mass is 485 g/mol. The molecule has 5 nitrogen and oxygen atoms in total. The van der Waals surface area contributed by atoms with E-state index < -0.39 is 0 Å². The van der Waals surface area contributed by atoms with Gasteiger partial charge in [0.1, 0.15) is 5.76 Å². The quantitative estimate of drug-likeness (QED) is 0.283. The van der Waals surface area contributed by atoms with Crippen molar-refractivity contribution in [2.24, 2.45) is 0 Å². The third-order valence-corrected chi connectivity index (χ3v) is 7.48. The van der Waals surface area contributed by atoms with Crippen molar-refractivity contribution in [3.05, 3.63) is 96.4 Å². The van der Waals surface area contributed by atoms with E-state index in [0.717, 1.165) is 72.6 Å². The number of rotatable bonds is 10. The Bertz CT molecular complexity index is 1140. The predicted molar refractivity (Wildman–Crippen MR) is 149 cm³/mol. The van der Waals surface area contributed by atoms with Crippen LogP contribution in [0.5, 0.6) is 5.75 Å². The largest absolute Gasteiger partial charge is 0.516 e. The Morgan fingerprint density at radius 3 is 2.69 bits per heavy atom. The van der Waals surface area contributed by atoms with Crippen LogP contribution in [0.3, 0.4) is 0 Å². The maximum absolute atomic E-state index is 9.18. The van der Waals surface area contributed by atoms with Gasteiger partial charge in [-0.05, 0) is 86.1 Å². The van der Waals surface area contributed by atoms with Crippen molar-refractivity contribution < 1.29 is 9.84 Å². The lowest BCUT2D eigenvalue weighted by Gasteiger charge is -2.35. The lowest BCUT2D eigenvalue weighted by atomic mass is 10.0. The molecule has 36 heavy (non-hydrogen) atoms. The van der Waals surface area contributed by atoms with Crippen LogP contribution in [-0.2, 0) is 0 Å². The minimum Gasteiger partial charge on any atom is -0.516 e. The molecule has 0 aliphatic carbocycles. The highest BCUT2D eigenvalue weighted by Crippen LogP contribution is 2.39. The summed E-state index contributed by atoms with van der Waals surface area (Å²) in [5, 5.41) is 9.18. The van der Waals surface area contributed by atoms with Crippen LogP contribution in [0.2, 0.25) is 0 Å². The van der Waals surface area contributed by atoms with Gasteiger partial charge >= 0.3 is 0 Å². The van der Waals surface area contributed by atoms with E-state index in [1.54, 1.807) is 12.3 Å². The first kappa shape index (κ1) is 25.8. The Labute approximate surface area is 216 Å². The summed E-state index contributed by atoms with van der Waals surface area (Å²) in [5.74, 6) is 1.79. The van der Waals surface area contributed by atoms with Gasteiger partial charge in [-0.2, -0.15) is 0 Å². The standard InChI is InChI=1S/C31H39N3O2/c1-5-25(26-10-9-17-32-21-26)20-31-24(4)33(29-11-7-8-12-30(29)36-31)18-15-28-14-13-27(6-2)34(28)22-23(3)16-19-35/h7-12,16-17,19-21,27-28,35H,3,5-6,13-15,18,22H2,1-2,4H3/b19-16-,25-20+. The number of fused-ring (bicyclic) bond motifs is 1. The zero-order valence-electron chi connectivity index (χ0n) is 21.9. The van der Waals surface area contributed by atoms with Crippen molar-refractivity contribution in [3.8, 4) is 5.75 Å². The number of allylic oxidation sites excluding steroid dienone is 3. The van der Waals surface area contributed by atoms with Crippen molar-refractivity contribution >= 4 is 11.3 Å². The zero-order valence-corrected chi connectivity index (χ0v) is 21.9. The third kappa shape index (κ3) is 5.73. The van der Waals surface area contributed by atoms with E-state index in [0.29, 0.717) is 12.1 Å². The van der Waals surface area contributed by atoms with E-state index in [2.05, 4.69) is 72.5 Å². The smallest absolute Gasteiger partial charge is 0.151 e. The van der Waals surface area contributed by atoms with Crippen LogP contribution in [0.1, 0.15) is 58.4 Å². The fraction of sp³-hybridized carbons (Fsp3) is 0.387. The summed E-state index contributed by atoms with van der Waals surface area (Å²) in [6.45, 7) is 12.4. The Hall–Kier alpha value is -3.31. The molecule has 1 saturated heterocycles. The van der Waals surface area contributed by atoms with E-state index in [1.807, 2.05) is 18.3 Å².